The van der Waals surface area contributed by atoms with Crippen molar-refractivity contribution in [2.45, 2.75) is 0 Å². The van der Waals surface area contributed by atoms with Crippen LogP contribution in [0.2, 0.25) is 0 Å². The van der Waals surface area contributed by atoms with Crippen LogP contribution in [0.3, 0.4) is 0 Å². The highest BCUT2D eigenvalue weighted by atomic mass is 15.0. The molecule has 0 spiro atoms. The molecule has 0 saturated carbocycles. The number of hydrogen-bond acceptors (Lipinski definition) is 3. The lowest BCUT2D eigenvalue weighted by molar-refractivity contribution is 1.19. The Morgan fingerprint density at radius 1 is 0.393 bits per heavy atom. The van der Waals surface area contributed by atoms with Gasteiger partial charge < -0.3 is 4.57 Å². The van der Waals surface area contributed by atoms with Crippen molar-refractivity contribution in [1.82, 2.24) is 14.5 Å². The summed E-state index contributed by atoms with van der Waals surface area (Å²) in [6.45, 7) is 0. The Kier molecular flexibility index (Phi) is 7.88. The highest BCUT2D eigenvalue weighted by Gasteiger charge is 2.20. The fourth-order valence-electron chi connectivity index (χ4n) is 9.24. The van der Waals surface area contributed by atoms with Gasteiger partial charge in [0, 0.05) is 32.7 Å². The highest BCUT2D eigenvalue weighted by molar-refractivity contribution is 6.24. The van der Waals surface area contributed by atoms with Crippen LogP contribution in [0.25, 0.3) is 116 Å². The third-order valence-electron chi connectivity index (χ3n) is 12.2. The Morgan fingerprint density at radius 2 is 1.02 bits per heavy atom. The first kappa shape index (κ1) is 34.6. The number of aromatic nitrogens is 3. The molecule has 12 rings (SSSR count). The van der Waals surface area contributed by atoms with Gasteiger partial charge in [-0.2, -0.15) is 5.26 Å². The first-order chi connectivity index (χ1) is 30.2. The average Bonchev–Trinajstić information content (AvgIpc) is 3.66. The molecule has 0 aliphatic heterocycles. The Morgan fingerprint density at radius 3 is 1.80 bits per heavy atom. The fraction of sp³-hybridized carbons (Fsp3) is 0. The van der Waals surface area contributed by atoms with E-state index < -0.39 is 0 Å². The van der Waals surface area contributed by atoms with Crippen molar-refractivity contribution < 1.29 is 0 Å². The lowest BCUT2D eigenvalue weighted by Crippen LogP contribution is -1.99. The van der Waals surface area contributed by atoms with Gasteiger partial charge in [-0.15, -0.1) is 0 Å². The normalized spacial score (nSPS) is 11.6. The molecule has 4 nitrogen and oxygen atoms in total. The van der Waals surface area contributed by atoms with E-state index in [0.717, 1.165) is 60.9 Å². The van der Waals surface area contributed by atoms with Crippen molar-refractivity contribution in [2.75, 3.05) is 0 Å². The van der Waals surface area contributed by atoms with Crippen LogP contribution in [0, 0.1) is 11.3 Å². The molecule has 12 aromatic rings. The molecule has 0 N–H and O–H groups in total. The number of rotatable bonds is 5. The summed E-state index contributed by atoms with van der Waals surface area (Å²) >= 11 is 0. The average molecular weight is 775 g/mol. The summed E-state index contributed by atoms with van der Waals surface area (Å²) in [6, 6.07) is 75.1. The van der Waals surface area contributed by atoms with Gasteiger partial charge >= 0.3 is 0 Å². The molecule has 0 fully saturated rings. The highest BCUT2D eigenvalue weighted by Crippen LogP contribution is 2.42. The summed E-state index contributed by atoms with van der Waals surface area (Å²) in [5, 5.41) is 20.0. The summed E-state index contributed by atoms with van der Waals surface area (Å²) < 4.78 is 2.45. The maximum atomic E-state index is 9.43. The number of nitrogens with zero attached hydrogens (tertiary/aromatic N) is 4. The Bertz CT molecular complexity index is 3740. The van der Waals surface area contributed by atoms with E-state index in [1.807, 2.05) is 30.3 Å². The van der Waals surface area contributed by atoms with Gasteiger partial charge in [-0.1, -0.05) is 152 Å². The van der Waals surface area contributed by atoms with Crippen molar-refractivity contribution in [3.8, 4) is 56.7 Å². The third-order valence-corrected chi connectivity index (χ3v) is 12.2. The summed E-state index contributed by atoms with van der Waals surface area (Å²) in [5.41, 5.74) is 12.2. The number of fused-ring (bicyclic) bond motifs is 8. The summed E-state index contributed by atoms with van der Waals surface area (Å²) in [7, 11) is 0. The van der Waals surface area contributed by atoms with Crippen molar-refractivity contribution in [1.29, 1.82) is 5.26 Å². The van der Waals surface area contributed by atoms with Crippen molar-refractivity contribution >= 4 is 65.0 Å². The Labute approximate surface area is 351 Å². The van der Waals surface area contributed by atoms with Crippen molar-refractivity contribution in [3.63, 3.8) is 0 Å². The van der Waals surface area contributed by atoms with Crippen LogP contribution in [-0.4, -0.2) is 14.5 Å². The molecular formula is C57H34N4. The summed E-state index contributed by atoms with van der Waals surface area (Å²) in [4.78, 5) is 10.8. The summed E-state index contributed by atoms with van der Waals surface area (Å²) in [5.74, 6) is 0.669. The molecule has 0 aliphatic carbocycles. The monoisotopic (exact) mass is 774 g/mol. The van der Waals surface area contributed by atoms with E-state index in [0.29, 0.717) is 11.4 Å². The second kappa shape index (κ2) is 13.9. The molecule has 0 radical (unpaired) electrons. The predicted octanol–water partition coefficient (Wildman–Crippen LogP) is 14.7. The quantitative estimate of drug-likeness (QED) is 0.175. The Balaban J connectivity index is 1.08. The molecule has 0 bridgehead atoms. The maximum absolute atomic E-state index is 9.43. The Hall–Kier alpha value is -8.39. The standard InChI is InChI=1S/C57H34N4/c58-35-36-18-20-39(21-19-36)44-26-29-51-49(32-44)56(41-24-22-38(23-25-41)37-10-2-1-3-11-37)60-57(59-51)48-28-31-52(47-17-9-8-16-46(47)48)61-53-30-27-40-12-6-7-15-45(40)55(53)50-33-42-13-4-5-14-43(42)34-54(50)61/h1-34H. The van der Waals surface area contributed by atoms with Gasteiger partial charge in [-0.25, -0.2) is 9.97 Å². The lowest BCUT2D eigenvalue weighted by Gasteiger charge is -2.16. The van der Waals surface area contributed by atoms with E-state index >= 15 is 0 Å². The smallest absolute Gasteiger partial charge is 0.161 e. The minimum Gasteiger partial charge on any atom is -0.309 e. The van der Waals surface area contributed by atoms with E-state index in [1.54, 1.807) is 0 Å². The molecule has 61 heavy (non-hydrogen) atoms. The predicted molar refractivity (Wildman–Crippen MR) is 253 cm³/mol. The van der Waals surface area contributed by atoms with E-state index in [4.69, 9.17) is 9.97 Å². The molecule has 0 amide bonds. The van der Waals surface area contributed by atoms with Crippen LogP contribution in [0.1, 0.15) is 5.56 Å². The van der Waals surface area contributed by atoms with Gasteiger partial charge in [-0.3, -0.25) is 0 Å². The number of benzene rings is 10. The van der Waals surface area contributed by atoms with Crippen LogP contribution < -0.4 is 0 Å². The molecule has 0 saturated heterocycles. The zero-order chi connectivity index (χ0) is 40.4. The molecule has 0 unspecified atom stereocenters. The minimum atomic E-state index is 0.634. The van der Waals surface area contributed by atoms with Crippen molar-refractivity contribution in [3.05, 3.63) is 212 Å². The molecule has 0 atom stereocenters. The third kappa shape index (κ3) is 5.67. The van der Waals surface area contributed by atoms with Gasteiger partial charge in [0.05, 0.1) is 39.6 Å². The summed E-state index contributed by atoms with van der Waals surface area (Å²) in [6.07, 6.45) is 0. The number of hydrogen-bond donors (Lipinski definition) is 0. The van der Waals surface area contributed by atoms with Crippen LogP contribution in [0.5, 0.6) is 0 Å². The fourth-order valence-corrected chi connectivity index (χ4v) is 9.24. The second-order valence-electron chi connectivity index (χ2n) is 15.7. The number of nitriles is 1. The molecular weight excluding hydrogens is 741 g/mol. The first-order valence-electron chi connectivity index (χ1n) is 20.5. The van der Waals surface area contributed by atoms with Crippen LogP contribution in [0.4, 0.5) is 0 Å². The van der Waals surface area contributed by atoms with Gasteiger partial charge in [-0.05, 0) is 104 Å². The zero-order valence-corrected chi connectivity index (χ0v) is 32.9. The molecule has 0 aliphatic rings. The second-order valence-corrected chi connectivity index (χ2v) is 15.7. The molecule has 4 heteroatoms. The maximum Gasteiger partial charge on any atom is 0.161 e. The zero-order valence-electron chi connectivity index (χ0n) is 32.9. The first-order valence-corrected chi connectivity index (χ1v) is 20.5. The van der Waals surface area contributed by atoms with Gasteiger partial charge in [0.2, 0.25) is 0 Å². The topological polar surface area (TPSA) is 54.5 Å². The van der Waals surface area contributed by atoms with Crippen LogP contribution in [0.15, 0.2) is 206 Å². The molecule has 2 aromatic heterocycles. The van der Waals surface area contributed by atoms with E-state index in [2.05, 4.69) is 187 Å². The molecule has 2 heterocycles. The molecule has 282 valence electrons. The van der Waals surface area contributed by atoms with Gasteiger partial charge in [0.1, 0.15) is 0 Å². The van der Waals surface area contributed by atoms with E-state index in [1.165, 1.54) is 48.9 Å². The molecule has 10 aromatic carbocycles. The van der Waals surface area contributed by atoms with E-state index in [-0.39, 0.29) is 0 Å². The largest absolute Gasteiger partial charge is 0.309 e. The van der Waals surface area contributed by atoms with E-state index in [9.17, 15) is 5.26 Å². The van der Waals surface area contributed by atoms with Crippen molar-refractivity contribution in [2.24, 2.45) is 0 Å². The lowest BCUT2D eigenvalue weighted by atomic mass is 9.97. The van der Waals surface area contributed by atoms with Crippen LogP contribution in [-0.2, 0) is 0 Å². The minimum absolute atomic E-state index is 0.634. The van der Waals surface area contributed by atoms with Gasteiger partial charge in [0.25, 0.3) is 0 Å². The SMILES string of the molecule is N#Cc1ccc(-c2ccc3nc(-c4ccc(-n5c6cc7ccccc7cc6c6c7ccccc7ccc65)c5ccccc45)nc(-c4ccc(-c5ccccc5)cc4)c3c2)cc1. The van der Waals surface area contributed by atoms with Gasteiger partial charge in [0.15, 0.2) is 5.82 Å². The van der Waals surface area contributed by atoms with Crippen LogP contribution >= 0.6 is 0 Å².